The molecular formula is C17H25ClN2. The van der Waals surface area contributed by atoms with Gasteiger partial charge in [-0.15, -0.1) is 0 Å². The molecule has 2 N–H and O–H groups in total. The first kappa shape index (κ1) is 14.4. The van der Waals surface area contributed by atoms with Crippen LogP contribution in [0.4, 0.5) is 0 Å². The van der Waals surface area contributed by atoms with Crippen LogP contribution in [0.25, 0.3) is 0 Å². The molecule has 2 fully saturated rings. The zero-order chi connectivity index (χ0) is 13.8. The van der Waals surface area contributed by atoms with Gasteiger partial charge in [0, 0.05) is 17.1 Å². The van der Waals surface area contributed by atoms with Gasteiger partial charge in [-0.25, -0.2) is 0 Å². The summed E-state index contributed by atoms with van der Waals surface area (Å²) in [7, 11) is 0. The summed E-state index contributed by atoms with van der Waals surface area (Å²) in [5.74, 6) is 0.850. The van der Waals surface area contributed by atoms with Crippen molar-refractivity contribution in [1.82, 2.24) is 10.6 Å². The van der Waals surface area contributed by atoms with E-state index in [0.29, 0.717) is 0 Å². The molecule has 20 heavy (non-hydrogen) atoms. The van der Waals surface area contributed by atoms with Crippen molar-refractivity contribution in [3.05, 3.63) is 34.9 Å². The number of hydrogen-bond donors (Lipinski definition) is 2. The van der Waals surface area contributed by atoms with Crippen LogP contribution in [0.3, 0.4) is 0 Å². The Labute approximate surface area is 127 Å². The highest BCUT2D eigenvalue weighted by molar-refractivity contribution is 6.30. The zero-order valence-electron chi connectivity index (χ0n) is 12.1. The van der Waals surface area contributed by atoms with E-state index in [4.69, 9.17) is 11.6 Å². The number of halogens is 1. The molecule has 1 heterocycles. The highest BCUT2D eigenvalue weighted by atomic mass is 35.5. The Balaban J connectivity index is 1.46. The molecular weight excluding hydrogens is 268 g/mol. The first-order chi connectivity index (χ1) is 9.83. The third-order valence-electron chi connectivity index (χ3n) is 4.92. The third kappa shape index (κ3) is 3.55. The lowest BCUT2D eigenvalue weighted by Gasteiger charge is -2.26. The van der Waals surface area contributed by atoms with Crippen molar-refractivity contribution in [2.45, 2.75) is 50.6 Å². The van der Waals surface area contributed by atoms with E-state index >= 15 is 0 Å². The van der Waals surface area contributed by atoms with E-state index < -0.39 is 0 Å². The first-order valence-electron chi connectivity index (χ1n) is 8.04. The van der Waals surface area contributed by atoms with Crippen molar-refractivity contribution in [2.24, 2.45) is 5.92 Å². The molecule has 1 aliphatic carbocycles. The average Bonchev–Trinajstić information content (AvgIpc) is 3.11. The molecule has 0 amide bonds. The quantitative estimate of drug-likeness (QED) is 0.869. The number of benzene rings is 1. The zero-order valence-corrected chi connectivity index (χ0v) is 12.8. The summed E-state index contributed by atoms with van der Waals surface area (Å²) in [6.45, 7) is 2.30. The van der Waals surface area contributed by atoms with Gasteiger partial charge in [0.15, 0.2) is 0 Å². The molecule has 3 heteroatoms. The fourth-order valence-corrected chi connectivity index (χ4v) is 3.98. The largest absolute Gasteiger partial charge is 0.314 e. The summed E-state index contributed by atoms with van der Waals surface area (Å²) in [5, 5.41) is 8.31. The van der Waals surface area contributed by atoms with Crippen molar-refractivity contribution in [3.63, 3.8) is 0 Å². The van der Waals surface area contributed by atoms with Gasteiger partial charge in [0.1, 0.15) is 0 Å². The molecule has 3 atom stereocenters. The fraction of sp³-hybridized carbons (Fsp3) is 0.647. The molecule has 1 aromatic carbocycles. The second kappa shape index (κ2) is 6.93. The average molecular weight is 293 g/mol. The Kier molecular flexibility index (Phi) is 4.98. The Morgan fingerprint density at radius 1 is 1.10 bits per heavy atom. The molecule has 1 aliphatic heterocycles. The smallest absolute Gasteiger partial charge is 0.0406 e. The predicted octanol–water partition coefficient (Wildman–Crippen LogP) is 3.39. The van der Waals surface area contributed by atoms with E-state index in [1.165, 1.54) is 44.2 Å². The van der Waals surface area contributed by atoms with Gasteiger partial charge in [-0.3, -0.25) is 0 Å². The van der Waals surface area contributed by atoms with Crippen molar-refractivity contribution >= 4 is 11.6 Å². The van der Waals surface area contributed by atoms with E-state index in [2.05, 4.69) is 22.8 Å². The van der Waals surface area contributed by atoms with Crippen LogP contribution in [0, 0.1) is 5.92 Å². The molecule has 1 saturated carbocycles. The van der Waals surface area contributed by atoms with Crippen molar-refractivity contribution in [3.8, 4) is 0 Å². The van der Waals surface area contributed by atoms with E-state index in [1.54, 1.807) is 0 Å². The molecule has 1 aromatic rings. The lowest BCUT2D eigenvalue weighted by Crippen LogP contribution is -2.42. The Morgan fingerprint density at radius 2 is 1.95 bits per heavy atom. The van der Waals surface area contributed by atoms with Gasteiger partial charge in [0.2, 0.25) is 0 Å². The number of hydrogen-bond acceptors (Lipinski definition) is 2. The third-order valence-corrected chi connectivity index (χ3v) is 5.17. The van der Waals surface area contributed by atoms with Gasteiger partial charge in [-0.05, 0) is 68.8 Å². The Hall–Kier alpha value is -0.570. The van der Waals surface area contributed by atoms with Crippen molar-refractivity contribution < 1.29 is 0 Å². The summed E-state index contributed by atoms with van der Waals surface area (Å²) in [4.78, 5) is 0. The topological polar surface area (TPSA) is 24.1 Å². The summed E-state index contributed by atoms with van der Waals surface area (Å²) < 4.78 is 0. The maximum absolute atomic E-state index is 5.92. The van der Waals surface area contributed by atoms with E-state index in [0.717, 1.165) is 36.0 Å². The van der Waals surface area contributed by atoms with Crippen LogP contribution in [0.2, 0.25) is 5.02 Å². The fourth-order valence-electron chi connectivity index (χ4n) is 3.85. The molecule has 3 unspecified atom stereocenters. The minimum absolute atomic E-state index is 0.720. The second-order valence-corrected chi connectivity index (χ2v) is 6.67. The molecule has 2 aliphatic rings. The minimum Gasteiger partial charge on any atom is -0.314 e. The summed E-state index contributed by atoms with van der Waals surface area (Å²) in [6, 6.07) is 9.72. The van der Waals surface area contributed by atoms with Crippen molar-refractivity contribution in [2.75, 3.05) is 13.1 Å². The lowest BCUT2D eigenvalue weighted by molar-refractivity contribution is 0.322. The molecule has 2 nitrogen and oxygen atoms in total. The lowest BCUT2D eigenvalue weighted by atomic mass is 9.93. The minimum atomic E-state index is 0.720. The predicted molar refractivity (Wildman–Crippen MR) is 85.3 cm³/mol. The van der Waals surface area contributed by atoms with E-state index in [-0.39, 0.29) is 0 Å². The molecule has 0 bridgehead atoms. The monoisotopic (exact) mass is 292 g/mol. The summed E-state index contributed by atoms with van der Waals surface area (Å²) in [6.07, 6.45) is 7.97. The second-order valence-electron chi connectivity index (χ2n) is 6.23. The summed E-state index contributed by atoms with van der Waals surface area (Å²) in [5.41, 5.74) is 1.37. The Morgan fingerprint density at radius 3 is 2.70 bits per heavy atom. The normalized spacial score (nSPS) is 29.9. The van der Waals surface area contributed by atoms with Crippen LogP contribution in [-0.4, -0.2) is 25.2 Å². The first-order valence-corrected chi connectivity index (χ1v) is 8.42. The highest BCUT2D eigenvalue weighted by Gasteiger charge is 2.34. The van der Waals surface area contributed by atoms with Crippen LogP contribution in [0.15, 0.2) is 24.3 Å². The van der Waals surface area contributed by atoms with Crippen LogP contribution in [0.5, 0.6) is 0 Å². The number of nitrogens with one attached hydrogen (secondary N) is 2. The Bertz CT molecular complexity index is 412. The maximum atomic E-state index is 5.92. The SMILES string of the molecule is Clc1ccc(CCNC2CCCC2C2CCCN2)cc1. The van der Waals surface area contributed by atoms with Crippen LogP contribution >= 0.6 is 11.6 Å². The van der Waals surface area contributed by atoms with Gasteiger partial charge in [0.25, 0.3) is 0 Å². The van der Waals surface area contributed by atoms with Crippen LogP contribution in [0.1, 0.15) is 37.7 Å². The molecule has 0 radical (unpaired) electrons. The highest BCUT2D eigenvalue weighted by Crippen LogP contribution is 2.31. The number of rotatable bonds is 5. The van der Waals surface area contributed by atoms with Gasteiger partial charge in [0.05, 0.1) is 0 Å². The molecule has 1 saturated heterocycles. The van der Waals surface area contributed by atoms with Gasteiger partial charge >= 0.3 is 0 Å². The van der Waals surface area contributed by atoms with Gasteiger partial charge in [-0.2, -0.15) is 0 Å². The standard InChI is InChI=1S/C17H25ClN2/c18-14-8-6-13(7-9-14)10-12-20-16-4-1-3-15(16)17-5-2-11-19-17/h6-9,15-17,19-20H,1-5,10-12H2. The maximum Gasteiger partial charge on any atom is 0.0406 e. The molecule has 3 rings (SSSR count). The van der Waals surface area contributed by atoms with Gasteiger partial charge < -0.3 is 10.6 Å². The van der Waals surface area contributed by atoms with Crippen molar-refractivity contribution in [1.29, 1.82) is 0 Å². The molecule has 0 spiro atoms. The molecule has 0 aromatic heterocycles. The molecule has 110 valence electrons. The van der Waals surface area contributed by atoms with E-state index in [9.17, 15) is 0 Å². The van der Waals surface area contributed by atoms with Crippen LogP contribution in [-0.2, 0) is 6.42 Å². The van der Waals surface area contributed by atoms with E-state index in [1.807, 2.05) is 12.1 Å². The van der Waals surface area contributed by atoms with Gasteiger partial charge in [-0.1, -0.05) is 30.2 Å². The van der Waals surface area contributed by atoms with Crippen LogP contribution < -0.4 is 10.6 Å². The summed E-state index contributed by atoms with van der Waals surface area (Å²) >= 11 is 5.92.